The van der Waals surface area contributed by atoms with Gasteiger partial charge in [-0.2, -0.15) is 4.72 Å². The number of anilines is 1. The van der Waals surface area contributed by atoms with E-state index in [-0.39, 0.29) is 6.42 Å². The molecule has 1 amide bonds. The molecule has 150 valence electrons. The summed E-state index contributed by atoms with van der Waals surface area (Å²) in [5.41, 5.74) is 1.41. The average molecular weight is 412 g/mol. The number of rotatable bonds is 7. The first-order valence-electron chi connectivity index (χ1n) is 9.02. The van der Waals surface area contributed by atoms with E-state index in [2.05, 4.69) is 4.72 Å². The fourth-order valence-electron chi connectivity index (χ4n) is 2.96. The van der Waals surface area contributed by atoms with Crippen LogP contribution >= 0.6 is 0 Å². The zero-order chi connectivity index (χ0) is 20.9. The van der Waals surface area contributed by atoms with E-state index >= 15 is 0 Å². The lowest BCUT2D eigenvalue weighted by molar-refractivity contribution is -0.119. The summed E-state index contributed by atoms with van der Waals surface area (Å²) < 4.78 is 42.1. The highest BCUT2D eigenvalue weighted by molar-refractivity contribution is 7.89. The van der Waals surface area contributed by atoms with Gasteiger partial charge in [-0.1, -0.05) is 60.7 Å². The van der Waals surface area contributed by atoms with Crippen molar-refractivity contribution >= 4 is 21.6 Å². The van der Waals surface area contributed by atoms with E-state index in [1.165, 1.54) is 23.1 Å². The number of hydrogen-bond acceptors (Lipinski definition) is 3. The number of hydrogen-bond donors (Lipinski definition) is 1. The van der Waals surface area contributed by atoms with Crippen LogP contribution in [0.4, 0.5) is 10.1 Å². The predicted molar refractivity (Wildman–Crippen MR) is 111 cm³/mol. The van der Waals surface area contributed by atoms with Crippen molar-refractivity contribution in [2.75, 3.05) is 11.9 Å². The number of carbonyl (C=O) groups excluding carboxylic acids is 1. The van der Waals surface area contributed by atoms with E-state index in [0.29, 0.717) is 5.69 Å². The van der Waals surface area contributed by atoms with E-state index < -0.39 is 32.7 Å². The molecular formula is C22H21FN2O3S. The molecule has 1 N–H and O–H groups in total. The molecule has 0 aromatic heterocycles. The maximum absolute atomic E-state index is 14.1. The van der Waals surface area contributed by atoms with Gasteiger partial charge in [-0.15, -0.1) is 0 Å². The third kappa shape index (κ3) is 5.07. The van der Waals surface area contributed by atoms with E-state index in [1.807, 2.05) is 24.3 Å². The van der Waals surface area contributed by atoms with E-state index in [9.17, 15) is 17.6 Å². The third-order valence-corrected chi connectivity index (χ3v) is 5.98. The van der Waals surface area contributed by atoms with Crippen molar-refractivity contribution in [3.8, 4) is 0 Å². The second-order valence-corrected chi connectivity index (χ2v) is 8.21. The number of benzene rings is 3. The van der Waals surface area contributed by atoms with E-state index in [4.69, 9.17) is 0 Å². The molecule has 3 aromatic carbocycles. The van der Waals surface area contributed by atoms with E-state index in [1.54, 1.807) is 43.4 Å². The maximum Gasteiger partial charge on any atom is 0.245 e. The number of nitrogens with zero attached hydrogens (tertiary/aromatic N) is 1. The molecule has 29 heavy (non-hydrogen) atoms. The van der Waals surface area contributed by atoms with Crippen LogP contribution in [0.25, 0.3) is 0 Å². The van der Waals surface area contributed by atoms with Crippen LogP contribution in [-0.2, 0) is 21.2 Å². The minimum absolute atomic E-state index is 0.129. The van der Waals surface area contributed by atoms with E-state index in [0.717, 1.165) is 11.6 Å². The number of likely N-dealkylation sites (N-methyl/N-ethyl adjacent to an activating group) is 1. The lowest BCUT2D eigenvalue weighted by Gasteiger charge is -2.25. The van der Waals surface area contributed by atoms with Gasteiger partial charge < -0.3 is 4.90 Å². The molecule has 0 unspecified atom stereocenters. The van der Waals surface area contributed by atoms with Crippen molar-refractivity contribution < 1.29 is 17.6 Å². The molecule has 7 heteroatoms. The molecule has 0 saturated carbocycles. The second kappa shape index (κ2) is 8.98. The molecular weight excluding hydrogens is 391 g/mol. The minimum atomic E-state index is -4.24. The fraction of sp³-hybridized carbons (Fsp3) is 0.136. The van der Waals surface area contributed by atoms with Crippen molar-refractivity contribution in [1.82, 2.24) is 4.72 Å². The summed E-state index contributed by atoms with van der Waals surface area (Å²) in [7, 11) is -2.67. The lowest BCUT2D eigenvalue weighted by atomic mass is 10.1. The van der Waals surface area contributed by atoms with Crippen LogP contribution in [0.3, 0.4) is 0 Å². The monoisotopic (exact) mass is 412 g/mol. The van der Waals surface area contributed by atoms with Crippen molar-refractivity contribution in [1.29, 1.82) is 0 Å². The van der Waals surface area contributed by atoms with Gasteiger partial charge in [0.05, 0.1) is 0 Å². The van der Waals surface area contributed by atoms with Crippen LogP contribution in [0.2, 0.25) is 0 Å². The number of sulfonamides is 1. The maximum atomic E-state index is 14.1. The Morgan fingerprint density at radius 3 is 2.10 bits per heavy atom. The highest BCUT2D eigenvalue weighted by atomic mass is 32.2. The van der Waals surface area contributed by atoms with Crippen molar-refractivity contribution in [2.24, 2.45) is 0 Å². The van der Waals surface area contributed by atoms with Gasteiger partial charge in [0.25, 0.3) is 0 Å². The van der Waals surface area contributed by atoms with Crippen LogP contribution in [0.1, 0.15) is 5.56 Å². The first-order chi connectivity index (χ1) is 13.9. The summed E-state index contributed by atoms with van der Waals surface area (Å²) in [4.78, 5) is 14.0. The molecule has 0 aliphatic rings. The predicted octanol–water partition coefficient (Wildman–Crippen LogP) is 3.38. The molecule has 0 fully saturated rings. The molecule has 1 atom stereocenters. The van der Waals surface area contributed by atoms with Gasteiger partial charge in [0.2, 0.25) is 15.9 Å². The number of para-hydroxylation sites is 1. The first-order valence-corrected chi connectivity index (χ1v) is 10.5. The normalized spacial score (nSPS) is 12.3. The zero-order valence-corrected chi connectivity index (χ0v) is 16.6. The van der Waals surface area contributed by atoms with Crippen LogP contribution in [0, 0.1) is 5.82 Å². The quantitative estimate of drug-likeness (QED) is 0.647. The van der Waals surface area contributed by atoms with Crippen molar-refractivity contribution in [2.45, 2.75) is 17.4 Å². The van der Waals surface area contributed by atoms with Crippen LogP contribution in [-0.4, -0.2) is 27.4 Å². The van der Waals surface area contributed by atoms with Gasteiger partial charge >= 0.3 is 0 Å². The molecule has 0 saturated heterocycles. The van der Waals surface area contributed by atoms with Gasteiger partial charge in [-0.05, 0) is 36.2 Å². The third-order valence-electron chi connectivity index (χ3n) is 4.48. The van der Waals surface area contributed by atoms with Gasteiger partial charge in [0, 0.05) is 12.7 Å². The lowest BCUT2D eigenvalue weighted by Crippen LogP contribution is -2.48. The smallest absolute Gasteiger partial charge is 0.245 e. The Morgan fingerprint density at radius 2 is 1.48 bits per heavy atom. The number of amides is 1. The Bertz CT molecular complexity index is 1070. The summed E-state index contributed by atoms with van der Waals surface area (Å²) in [6, 6.07) is 21.9. The standard InChI is InChI=1S/C22H21FN2O3S/c1-25(18-12-6-3-7-13-18)22(26)20(16-17-10-4-2-5-11-17)24-29(27,28)21-15-9-8-14-19(21)23/h2-15,20,24H,16H2,1H3/t20-/m0/s1. The van der Waals surface area contributed by atoms with Crippen molar-refractivity contribution in [3.63, 3.8) is 0 Å². The Hall–Kier alpha value is -3.03. The summed E-state index contributed by atoms with van der Waals surface area (Å²) in [6.07, 6.45) is 0.129. The second-order valence-electron chi connectivity index (χ2n) is 6.53. The molecule has 0 bridgehead atoms. The summed E-state index contributed by atoms with van der Waals surface area (Å²) >= 11 is 0. The largest absolute Gasteiger partial charge is 0.314 e. The summed E-state index contributed by atoms with van der Waals surface area (Å²) in [5.74, 6) is -1.32. The summed E-state index contributed by atoms with van der Waals surface area (Å²) in [6.45, 7) is 0. The first kappa shape index (κ1) is 20.7. The van der Waals surface area contributed by atoms with Crippen molar-refractivity contribution in [3.05, 3.63) is 96.3 Å². The van der Waals surface area contributed by atoms with Crippen LogP contribution in [0.15, 0.2) is 89.8 Å². The molecule has 0 aliphatic carbocycles. The summed E-state index contributed by atoms with van der Waals surface area (Å²) in [5, 5.41) is 0. The highest BCUT2D eigenvalue weighted by Gasteiger charge is 2.30. The Labute approximate surface area is 169 Å². The number of halogens is 1. The minimum Gasteiger partial charge on any atom is -0.314 e. The molecule has 3 rings (SSSR count). The van der Waals surface area contributed by atoms with Gasteiger partial charge in [-0.3, -0.25) is 4.79 Å². The molecule has 3 aromatic rings. The van der Waals surface area contributed by atoms with Crippen LogP contribution < -0.4 is 9.62 Å². The molecule has 0 spiro atoms. The molecule has 0 heterocycles. The number of carbonyl (C=O) groups is 1. The molecule has 0 aliphatic heterocycles. The number of nitrogens with one attached hydrogen (secondary N) is 1. The van der Waals surface area contributed by atoms with Crippen LogP contribution in [0.5, 0.6) is 0 Å². The Kier molecular flexibility index (Phi) is 6.41. The zero-order valence-electron chi connectivity index (χ0n) is 15.8. The van der Waals surface area contributed by atoms with Gasteiger partial charge in [-0.25, -0.2) is 12.8 Å². The average Bonchev–Trinajstić information content (AvgIpc) is 2.73. The molecule has 5 nitrogen and oxygen atoms in total. The topological polar surface area (TPSA) is 66.5 Å². The Morgan fingerprint density at radius 1 is 0.931 bits per heavy atom. The van der Waals surface area contributed by atoms with Gasteiger partial charge in [0.15, 0.2) is 0 Å². The fourth-order valence-corrected chi connectivity index (χ4v) is 4.22. The Balaban J connectivity index is 1.93. The van der Waals surface area contributed by atoms with Gasteiger partial charge in [0.1, 0.15) is 16.8 Å². The SMILES string of the molecule is CN(C(=O)[C@H](Cc1ccccc1)NS(=O)(=O)c1ccccc1F)c1ccccc1. The highest BCUT2D eigenvalue weighted by Crippen LogP contribution is 2.18. The molecule has 0 radical (unpaired) electrons.